The highest BCUT2D eigenvalue weighted by molar-refractivity contribution is 6.10. The third-order valence-corrected chi connectivity index (χ3v) is 1.67. The minimum absolute atomic E-state index is 0.472. The van der Waals surface area contributed by atoms with Crippen molar-refractivity contribution in [1.29, 1.82) is 10.5 Å². The molecule has 0 bridgehead atoms. The first-order chi connectivity index (χ1) is 8.85. The molecule has 98 valence electrons. The van der Waals surface area contributed by atoms with Gasteiger partial charge in [0.25, 0.3) is 0 Å². The number of hydrogen-bond acceptors (Lipinski definition) is 5. The van der Waals surface area contributed by atoms with Crippen molar-refractivity contribution in [2.45, 2.75) is 6.36 Å². The van der Waals surface area contributed by atoms with Crippen molar-refractivity contribution in [2.24, 2.45) is 5.10 Å². The molecule has 1 N–H and O–H groups in total. The molecule has 1 aromatic carbocycles. The zero-order valence-corrected chi connectivity index (χ0v) is 8.99. The molecule has 1 rings (SSSR count). The summed E-state index contributed by atoms with van der Waals surface area (Å²) in [5.41, 5.74) is 0.848. The Bertz CT molecular complexity index is 567. The van der Waals surface area contributed by atoms with E-state index in [2.05, 4.69) is 9.84 Å². The van der Waals surface area contributed by atoms with Crippen LogP contribution in [0.3, 0.4) is 0 Å². The van der Waals surface area contributed by atoms with E-state index in [-0.39, 0.29) is 0 Å². The van der Waals surface area contributed by atoms with Crippen molar-refractivity contribution in [3.8, 4) is 17.9 Å². The molecule has 0 saturated carbocycles. The van der Waals surface area contributed by atoms with E-state index < -0.39 is 29.3 Å². The van der Waals surface area contributed by atoms with Crippen molar-refractivity contribution in [1.82, 2.24) is 0 Å². The molecule has 0 aliphatic heterocycles. The normalized spacial score (nSPS) is 10.0. The van der Waals surface area contributed by atoms with Gasteiger partial charge < -0.3 is 4.74 Å². The Hall–Kier alpha value is -2.81. The maximum absolute atomic E-state index is 12.9. The number of nitrogens with zero attached hydrogens (tertiary/aromatic N) is 3. The van der Waals surface area contributed by atoms with Gasteiger partial charge in [-0.1, -0.05) is 0 Å². The fourth-order valence-corrected chi connectivity index (χ4v) is 0.994. The molecule has 0 unspecified atom stereocenters. The Morgan fingerprint density at radius 1 is 1.26 bits per heavy atom. The lowest BCUT2D eigenvalue weighted by Crippen LogP contribution is -2.18. The van der Waals surface area contributed by atoms with Gasteiger partial charge in [-0.15, -0.1) is 13.2 Å². The molecule has 0 aromatic heterocycles. The first kappa shape index (κ1) is 14.3. The summed E-state index contributed by atoms with van der Waals surface area (Å²) >= 11 is 0. The van der Waals surface area contributed by atoms with E-state index in [9.17, 15) is 17.6 Å². The van der Waals surface area contributed by atoms with Crippen LogP contribution in [0.15, 0.2) is 23.3 Å². The van der Waals surface area contributed by atoms with Crippen LogP contribution < -0.4 is 10.2 Å². The molecule has 5 nitrogen and oxygen atoms in total. The summed E-state index contributed by atoms with van der Waals surface area (Å²) in [5, 5.41) is 20.0. The molecule has 0 amide bonds. The van der Waals surface area contributed by atoms with Crippen LogP contribution >= 0.6 is 0 Å². The minimum Gasteiger partial charge on any atom is -0.404 e. The molecular weight excluding hydrogens is 268 g/mol. The third-order valence-electron chi connectivity index (χ3n) is 1.67. The standard InChI is InChI=1S/C10H4F4N4O/c11-6-1-2-9(19-10(12,13)14)8(3-6)18-17-7(4-15)5-16/h1-3,18H. The Morgan fingerprint density at radius 2 is 1.89 bits per heavy atom. The number of nitrogens with one attached hydrogen (secondary N) is 1. The molecular formula is C10H4F4N4O. The lowest BCUT2D eigenvalue weighted by molar-refractivity contribution is -0.274. The quantitative estimate of drug-likeness (QED) is 0.520. The molecule has 0 saturated heterocycles. The minimum atomic E-state index is -4.97. The van der Waals surface area contributed by atoms with Crippen LogP contribution in [0, 0.1) is 28.5 Å². The average molecular weight is 272 g/mol. The van der Waals surface area contributed by atoms with Gasteiger partial charge in [0.2, 0.25) is 5.71 Å². The van der Waals surface area contributed by atoms with Crippen molar-refractivity contribution < 1.29 is 22.3 Å². The molecule has 0 radical (unpaired) electrons. The number of halogens is 4. The molecule has 0 aliphatic rings. The van der Waals surface area contributed by atoms with Crippen LogP contribution in [0.4, 0.5) is 23.2 Å². The van der Waals surface area contributed by atoms with Gasteiger partial charge in [-0.3, -0.25) is 5.43 Å². The number of nitriles is 2. The Labute approximate surface area is 104 Å². The Kier molecular flexibility index (Phi) is 4.27. The van der Waals surface area contributed by atoms with Crippen LogP contribution in [0.25, 0.3) is 0 Å². The fraction of sp³-hybridized carbons (Fsp3) is 0.100. The van der Waals surface area contributed by atoms with Gasteiger partial charge >= 0.3 is 6.36 Å². The molecule has 0 atom stereocenters. The zero-order chi connectivity index (χ0) is 14.5. The highest BCUT2D eigenvalue weighted by Crippen LogP contribution is 2.30. The second-order valence-electron chi connectivity index (χ2n) is 2.98. The van der Waals surface area contributed by atoms with Crippen LogP contribution in [0.5, 0.6) is 5.75 Å². The van der Waals surface area contributed by atoms with Crippen LogP contribution in [0.1, 0.15) is 0 Å². The monoisotopic (exact) mass is 272 g/mol. The highest BCUT2D eigenvalue weighted by Gasteiger charge is 2.32. The van der Waals surface area contributed by atoms with E-state index in [0.29, 0.717) is 6.07 Å². The first-order valence-corrected chi connectivity index (χ1v) is 4.55. The van der Waals surface area contributed by atoms with Gasteiger partial charge in [0, 0.05) is 6.07 Å². The summed E-state index contributed by atoms with van der Waals surface area (Å²) in [6, 6.07) is 4.92. The number of rotatable bonds is 3. The van der Waals surface area contributed by atoms with Gasteiger partial charge in [0.1, 0.15) is 23.6 Å². The summed E-state index contributed by atoms with van der Waals surface area (Å²) in [6.07, 6.45) is -4.97. The predicted octanol–water partition coefficient (Wildman–Crippen LogP) is 2.54. The number of hydrazone groups is 1. The van der Waals surface area contributed by atoms with Crippen molar-refractivity contribution in [3.05, 3.63) is 24.0 Å². The van der Waals surface area contributed by atoms with E-state index >= 15 is 0 Å². The van der Waals surface area contributed by atoms with Gasteiger partial charge in [-0.05, 0) is 12.1 Å². The second-order valence-corrected chi connectivity index (χ2v) is 2.98. The van der Waals surface area contributed by atoms with E-state index in [1.165, 1.54) is 12.1 Å². The molecule has 1 aromatic rings. The zero-order valence-electron chi connectivity index (χ0n) is 8.99. The SMILES string of the molecule is N#CC(C#N)=NNc1cc(F)ccc1OC(F)(F)F. The van der Waals surface area contributed by atoms with Gasteiger partial charge in [-0.2, -0.15) is 15.6 Å². The molecule has 0 aliphatic carbocycles. The second kappa shape index (κ2) is 5.69. The predicted molar refractivity (Wildman–Crippen MR) is 55.4 cm³/mol. The summed E-state index contributed by atoms with van der Waals surface area (Å²) in [7, 11) is 0. The Balaban J connectivity index is 3.06. The summed E-state index contributed by atoms with van der Waals surface area (Å²) < 4.78 is 52.7. The number of anilines is 1. The molecule has 0 heterocycles. The van der Waals surface area contributed by atoms with Crippen molar-refractivity contribution >= 4 is 11.4 Å². The smallest absolute Gasteiger partial charge is 0.404 e. The molecule has 0 fully saturated rings. The van der Waals surface area contributed by atoms with E-state index in [1.54, 1.807) is 0 Å². The van der Waals surface area contributed by atoms with Gasteiger partial charge in [0.15, 0.2) is 5.75 Å². The van der Waals surface area contributed by atoms with Crippen molar-refractivity contribution in [3.63, 3.8) is 0 Å². The van der Waals surface area contributed by atoms with Crippen LogP contribution in [-0.4, -0.2) is 12.1 Å². The number of benzene rings is 1. The lowest BCUT2D eigenvalue weighted by Gasteiger charge is -2.12. The van der Waals surface area contributed by atoms with E-state index in [0.717, 1.165) is 12.1 Å². The molecule has 19 heavy (non-hydrogen) atoms. The summed E-state index contributed by atoms with van der Waals surface area (Å²) in [4.78, 5) is 0. The lowest BCUT2D eigenvalue weighted by atomic mass is 10.3. The van der Waals surface area contributed by atoms with Crippen LogP contribution in [0.2, 0.25) is 0 Å². The maximum Gasteiger partial charge on any atom is 0.573 e. The summed E-state index contributed by atoms with van der Waals surface area (Å²) in [6.45, 7) is 0. The molecule has 0 spiro atoms. The van der Waals surface area contributed by atoms with E-state index in [4.69, 9.17) is 10.5 Å². The fourth-order valence-electron chi connectivity index (χ4n) is 0.994. The summed E-state index contributed by atoms with van der Waals surface area (Å²) in [5.74, 6) is -1.59. The third kappa shape index (κ3) is 4.52. The number of ether oxygens (including phenoxy) is 1. The van der Waals surface area contributed by atoms with Crippen LogP contribution in [-0.2, 0) is 0 Å². The number of alkyl halides is 3. The topological polar surface area (TPSA) is 81.2 Å². The van der Waals surface area contributed by atoms with E-state index in [1.807, 2.05) is 5.43 Å². The largest absolute Gasteiger partial charge is 0.573 e. The first-order valence-electron chi connectivity index (χ1n) is 4.55. The van der Waals surface area contributed by atoms with Crippen molar-refractivity contribution in [2.75, 3.05) is 5.43 Å². The van der Waals surface area contributed by atoms with Gasteiger partial charge in [-0.25, -0.2) is 4.39 Å². The molecule has 9 heteroatoms. The maximum atomic E-state index is 12.9. The highest BCUT2D eigenvalue weighted by atomic mass is 19.4. The Morgan fingerprint density at radius 3 is 2.42 bits per heavy atom. The van der Waals surface area contributed by atoms with Gasteiger partial charge in [0.05, 0.1) is 0 Å². The number of hydrogen-bond donors (Lipinski definition) is 1. The average Bonchev–Trinajstić information content (AvgIpc) is 2.32.